The Labute approximate surface area is 228 Å². The molecule has 40 heavy (non-hydrogen) atoms. The summed E-state index contributed by atoms with van der Waals surface area (Å²) in [6, 6.07) is 27.5. The maximum Gasteiger partial charge on any atom is 0.311 e. The van der Waals surface area contributed by atoms with Gasteiger partial charge < -0.3 is 10.1 Å². The van der Waals surface area contributed by atoms with E-state index in [1.54, 1.807) is 54.6 Å². The summed E-state index contributed by atoms with van der Waals surface area (Å²) in [5, 5.41) is 19.2. The quantitative estimate of drug-likeness (QED) is 0.166. The average molecular weight is 534 g/mol. The fourth-order valence-corrected chi connectivity index (χ4v) is 4.04. The molecule has 0 atom stereocenters. The zero-order valence-electron chi connectivity index (χ0n) is 21.4. The minimum absolute atomic E-state index is 0.154. The monoisotopic (exact) mass is 533 g/mol. The predicted octanol–water partition coefficient (Wildman–Crippen LogP) is 5.18. The largest absolute Gasteiger partial charge is 0.476 e. The van der Waals surface area contributed by atoms with Crippen LogP contribution in [0.15, 0.2) is 107 Å². The van der Waals surface area contributed by atoms with Gasteiger partial charge in [-0.3, -0.25) is 19.7 Å². The Hall–Kier alpha value is -5.64. The molecule has 0 saturated carbocycles. The van der Waals surface area contributed by atoms with Gasteiger partial charge in [-0.1, -0.05) is 66.2 Å². The number of aromatic nitrogens is 2. The molecule has 1 aromatic heterocycles. The Kier molecular flexibility index (Phi) is 7.41. The van der Waals surface area contributed by atoms with Crippen molar-refractivity contribution in [1.82, 2.24) is 9.66 Å². The number of rotatable bonds is 8. The maximum absolute atomic E-state index is 13.4. The van der Waals surface area contributed by atoms with Gasteiger partial charge in [0.1, 0.15) is 0 Å². The lowest BCUT2D eigenvalue weighted by Crippen LogP contribution is -2.21. The number of aryl methyl sites for hydroxylation is 1. The summed E-state index contributed by atoms with van der Waals surface area (Å²) in [4.78, 5) is 41.8. The molecule has 5 aromatic rings. The number of fused-ring (bicyclic) bond motifs is 1. The van der Waals surface area contributed by atoms with E-state index in [1.807, 2.05) is 37.3 Å². The molecule has 4 aromatic carbocycles. The fraction of sp³-hybridized carbons (Fsp3) is 0.0667. The molecule has 0 aliphatic rings. The van der Waals surface area contributed by atoms with Crippen molar-refractivity contribution in [3.05, 3.63) is 129 Å². The molecular weight excluding hydrogens is 510 g/mol. The molecular formula is C30H23N5O5. The van der Waals surface area contributed by atoms with Crippen LogP contribution in [0.2, 0.25) is 0 Å². The number of para-hydroxylation sites is 2. The third-order valence-corrected chi connectivity index (χ3v) is 6.00. The standard InChI is InChI=1S/C30H23N5O5/c1-20-14-16-23(17-15-20)32-27(36)19-40-28-22(10-7-13-26(28)35(38)39)18-31-34-29(21-8-3-2-4-9-21)33-25-12-6-5-11-24(25)30(34)37/h2-18H,19H2,1H3,(H,32,36). The van der Waals surface area contributed by atoms with Crippen LogP contribution in [0.1, 0.15) is 11.1 Å². The van der Waals surface area contributed by atoms with Gasteiger partial charge in [-0.2, -0.15) is 9.78 Å². The van der Waals surface area contributed by atoms with Gasteiger partial charge in [0, 0.05) is 22.9 Å². The summed E-state index contributed by atoms with van der Waals surface area (Å²) in [6.07, 6.45) is 1.28. The Morgan fingerprint density at radius 2 is 1.73 bits per heavy atom. The third-order valence-electron chi connectivity index (χ3n) is 6.00. The molecule has 0 fully saturated rings. The first kappa shape index (κ1) is 26.0. The second-order valence-corrected chi connectivity index (χ2v) is 8.84. The Balaban J connectivity index is 1.51. The van der Waals surface area contributed by atoms with Crippen LogP contribution in [-0.4, -0.2) is 33.3 Å². The van der Waals surface area contributed by atoms with Crippen molar-refractivity contribution in [3.63, 3.8) is 0 Å². The number of ether oxygens (including phenoxy) is 1. The normalized spacial score (nSPS) is 11.0. The summed E-state index contributed by atoms with van der Waals surface area (Å²) >= 11 is 0. The van der Waals surface area contributed by atoms with Gasteiger partial charge in [0.15, 0.2) is 12.4 Å². The zero-order chi connectivity index (χ0) is 28.1. The zero-order valence-corrected chi connectivity index (χ0v) is 21.4. The van der Waals surface area contributed by atoms with Gasteiger partial charge in [0.05, 0.1) is 22.0 Å². The second-order valence-electron chi connectivity index (χ2n) is 8.84. The van der Waals surface area contributed by atoms with Crippen molar-refractivity contribution in [2.75, 3.05) is 11.9 Å². The van der Waals surface area contributed by atoms with Crippen molar-refractivity contribution in [2.24, 2.45) is 5.10 Å². The van der Waals surface area contributed by atoms with Gasteiger partial charge in [-0.15, -0.1) is 0 Å². The lowest BCUT2D eigenvalue weighted by Gasteiger charge is -2.11. The van der Waals surface area contributed by atoms with E-state index in [-0.39, 0.29) is 17.0 Å². The molecule has 0 aliphatic heterocycles. The second kappa shape index (κ2) is 11.4. The van der Waals surface area contributed by atoms with Crippen LogP contribution in [0.5, 0.6) is 5.75 Å². The first-order chi connectivity index (χ1) is 19.4. The highest BCUT2D eigenvalue weighted by Crippen LogP contribution is 2.30. The number of benzene rings is 4. The fourth-order valence-electron chi connectivity index (χ4n) is 4.04. The molecule has 0 unspecified atom stereocenters. The summed E-state index contributed by atoms with van der Waals surface area (Å²) in [5.41, 5.74) is 2.22. The molecule has 0 saturated heterocycles. The molecule has 10 nitrogen and oxygen atoms in total. The number of nitrogens with one attached hydrogen (secondary N) is 1. The first-order valence-corrected chi connectivity index (χ1v) is 12.3. The number of amides is 1. The SMILES string of the molecule is Cc1ccc(NC(=O)COc2c(C=Nn3c(-c4ccccc4)nc4ccccc4c3=O)cccc2[N+](=O)[O-])cc1. The molecule has 5 rings (SSSR count). The van der Waals surface area contributed by atoms with Crippen LogP contribution >= 0.6 is 0 Å². The topological polar surface area (TPSA) is 129 Å². The van der Waals surface area contributed by atoms with Gasteiger partial charge in [-0.05, 0) is 37.3 Å². The average Bonchev–Trinajstić information content (AvgIpc) is 2.97. The summed E-state index contributed by atoms with van der Waals surface area (Å²) in [6.45, 7) is 1.45. The van der Waals surface area contributed by atoms with Crippen molar-refractivity contribution in [1.29, 1.82) is 0 Å². The number of nitro benzene ring substituents is 1. The molecule has 0 bridgehead atoms. The van der Waals surface area contributed by atoms with E-state index in [2.05, 4.69) is 15.4 Å². The lowest BCUT2D eigenvalue weighted by molar-refractivity contribution is -0.385. The number of anilines is 1. The van der Waals surface area contributed by atoms with Crippen molar-refractivity contribution >= 4 is 34.4 Å². The molecule has 1 heterocycles. The highest BCUT2D eigenvalue weighted by atomic mass is 16.6. The number of hydrogen-bond donors (Lipinski definition) is 1. The van der Waals surface area contributed by atoms with Gasteiger partial charge in [0.2, 0.25) is 5.75 Å². The predicted molar refractivity (Wildman–Crippen MR) is 153 cm³/mol. The van der Waals surface area contributed by atoms with Crippen LogP contribution in [0.3, 0.4) is 0 Å². The summed E-state index contributed by atoms with van der Waals surface area (Å²) in [5.74, 6) is -0.351. The highest BCUT2D eigenvalue weighted by molar-refractivity contribution is 5.92. The lowest BCUT2D eigenvalue weighted by atomic mass is 10.2. The minimum Gasteiger partial charge on any atom is -0.476 e. The smallest absolute Gasteiger partial charge is 0.311 e. The van der Waals surface area contributed by atoms with Crippen LogP contribution in [0, 0.1) is 17.0 Å². The van der Waals surface area contributed by atoms with E-state index in [4.69, 9.17) is 4.74 Å². The summed E-state index contributed by atoms with van der Waals surface area (Å²) in [7, 11) is 0. The van der Waals surface area contributed by atoms with Gasteiger partial charge in [-0.25, -0.2) is 4.98 Å². The van der Waals surface area contributed by atoms with Crippen LogP contribution < -0.4 is 15.6 Å². The van der Waals surface area contributed by atoms with Crippen molar-refractivity contribution in [2.45, 2.75) is 6.92 Å². The Bertz CT molecular complexity index is 1800. The molecule has 198 valence electrons. The van der Waals surface area contributed by atoms with Crippen LogP contribution in [-0.2, 0) is 4.79 Å². The molecule has 0 radical (unpaired) electrons. The van der Waals surface area contributed by atoms with Gasteiger partial charge >= 0.3 is 5.69 Å². The number of carbonyl (C=O) groups is 1. The number of hydrogen-bond acceptors (Lipinski definition) is 7. The van der Waals surface area contributed by atoms with Gasteiger partial charge in [0.25, 0.3) is 11.5 Å². The van der Waals surface area contributed by atoms with E-state index in [0.717, 1.165) is 10.2 Å². The number of nitro groups is 1. The van der Waals surface area contributed by atoms with Crippen LogP contribution in [0.4, 0.5) is 11.4 Å². The Morgan fingerprint density at radius 3 is 2.48 bits per heavy atom. The number of nitrogens with zero attached hydrogens (tertiary/aromatic N) is 4. The van der Waals surface area contributed by atoms with E-state index in [0.29, 0.717) is 28.0 Å². The van der Waals surface area contributed by atoms with E-state index in [1.165, 1.54) is 18.3 Å². The molecule has 1 amide bonds. The van der Waals surface area contributed by atoms with Crippen molar-refractivity contribution < 1.29 is 14.5 Å². The molecule has 1 N–H and O–H groups in total. The highest BCUT2D eigenvalue weighted by Gasteiger charge is 2.20. The van der Waals surface area contributed by atoms with E-state index >= 15 is 0 Å². The summed E-state index contributed by atoms with van der Waals surface area (Å²) < 4.78 is 6.79. The Morgan fingerprint density at radius 1 is 1.00 bits per heavy atom. The molecule has 0 spiro atoms. The first-order valence-electron chi connectivity index (χ1n) is 12.3. The van der Waals surface area contributed by atoms with Crippen molar-refractivity contribution in [3.8, 4) is 17.1 Å². The van der Waals surface area contributed by atoms with E-state index < -0.39 is 23.0 Å². The molecule has 10 heteroatoms. The van der Waals surface area contributed by atoms with Crippen LogP contribution in [0.25, 0.3) is 22.3 Å². The van der Waals surface area contributed by atoms with E-state index in [9.17, 15) is 19.7 Å². The third kappa shape index (κ3) is 5.60. The minimum atomic E-state index is -0.607. The maximum atomic E-state index is 13.4. The number of carbonyl (C=O) groups excluding carboxylic acids is 1. The molecule has 0 aliphatic carbocycles.